The minimum atomic E-state index is -1.44. The van der Waals surface area contributed by atoms with Gasteiger partial charge in [0.25, 0.3) is 0 Å². The molecule has 1 aromatic carbocycles. The monoisotopic (exact) mass is 298 g/mol. The van der Waals surface area contributed by atoms with Crippen molar-refractivity contribution >= 4 is 11.6 Å². The van der Waals surface area contributed by atoms with Crippen LogP contribution in [0.15, 0.2) is 12.1 Å². The van der Waals surface area contributed by atoms with Crippen LogP contribution in [0.3, 0.4) is 0 Å². The molecule has 3 rings (SSSR count). The van der Waals surface area contributed by atoms with Crippen molar-refractivity contribution in [1.82, 2.24) is 4.90 Å². The maximum Gasteiger partial charge on any atom is 0.225 e. The number of anilines is 1. The van der Waals surface area contributed by atoms with E-state index >= 15 is 0 Å². The SMILES string of the molecule is O=C(C1CCC1)N1CCN(c2ccc(F)c(F)c2F)CC1. The number of benzene rings is 1. The zero-order valence-electron chi connectivity index (χ0n) is 11.6. The second-order valence-corrected chi connectivity index (χ2v) is 5.63. The molecule has 21 heavy (non-hydrogen) atoms. The highest BCUT2D eigenvalue weighted by Crippen LogP contribution is 2.29. The van der Waals surface area contributed by atoms with E-state index in [1.54, 1.807) is 9.80 Å². The van der Waals surface area contributed by atoms with E-state index < -0.39 is 17.5 Å². The summed E-state index contributed by atoms with van der Waals surface area (Å²) in [5, 5.41) is 0. The predicted molar refractivity (Wildman–Crippen MR) is 72.5 cm³/mol. The molecule has 114 valence electrons. The number of nitrogens with zero attached hydrogens (tertiary/aromatic N) is 2. The molecule has 0 atom stereocenters. The standard InChI is InChI=1S/C15H17F3N2O/c16-11-4-5-12(14(18)13(11)17)19-6-8-20(9-7-19)15(21)10-2-1-3-10/h4-5,10H,1-3,6-9H2. The van der Waals surface area contributed by atoms with Gasteiger partial charge >= 0.3 is 0 Å². The second kappa shape index (κ2) is 5.58. The van der Waals surface area contributed by atoms with Gasteiger partial charge in [0, 0.05) is 32.1 Å². The number of amides is 1. The largest absolute Gasteiger partial charge is 0.366 e. The Morgan fingerprint density at radius 2 is 1.67 bits per heavy atom. The van der Waals surface area contributed by atoms with E-state index in [0.717, 1.165) is 25.3 Å². The van der Waals surface area contributed by atoms with Gasteiger partial charge in [-0.2, -0.15) is 0 Å². The summed E-state index contributed by atoms with van der Waals surface area (Å²) in [4.78, 5) is 15.6. The summed E-state index contributed by atoms with van der Waals surface area (Å²) in [6, 6.07) is 2.18. The van der Waals surface area contributed by atoms with Gasteiger partial charge in [0.15, 0.2) is 17.5 Å². The highest BCUT2D eigenvalue weighted by atomic mass is 19.2. The number of rotatable bonds is 2. The van der Waals surface area contributed by atoms with Crippen molar-refractivity contribution in [3.8, 4) is 0 Å². The third kappa shape index (κ3) is 2.59. The molecular formula is C15H17F3N2O. The summed E-state index contributed by atoms with van der Waals surface area (Å²) in [6.45, 7) is 1.85. The van der Waals surface area contributed by atoms with Gasteiger partial charge in [-0.1, -0.05) is 6.42 Å². The summed E-state index contributed by atoms with van der Waals surface area (Å²) in [5.41, 5.74) is 0.0599. The molecule has 0 N–H and O–H groups in total. The van der Waals surface area contributed by atoms with E-state index in [1.807, 2.05) is 0 Å². The van der Waals surface area contributed by atoms with Crippen molar-refractivity contribution in [2.24, 2.45) is 5.92 Å². The summed E-state index contributed by atoms with van der Waals surface area (Å²) < 4.78 is 40.0. The smallest absolute Gasteiger partial charge is 0.225 e. The number of piperazine rings is 1. The maximum atomic E-state index is 13.8. The average Bonchev–Trinajstić information content (AvgIpc) is 2.43. The first-order chi connectivity index (χ1) is 10.1. The Hall–Kier alpha value is -1.72. The van der Waals surface area contributed by atoms with Crippen LogP contribution in [0, 0.1) is 23.4 Å². The van der Waals surface area contributed by atoms with Gasteiger partial charge in [-0.25, -0.2) is 13.2 Å². The normalized spacial score (nSPS) is 19.6. The van der Waals surface area contributed by atoms with Crippen molar-refractivity contribution in [2.45, 2.75) is 19.3 Å². The van der Waals surface area contributed by atoms with Crippen LogP contribution in [0.25, 0.3) is 0 Å². The Labute approximate surface area is 121 Å². The molecule has 1 aliphatic carbocycles. The Kier molecular flexibility index (Phi) is 3.78. The molecule has 1 amide bonds. The molecule has 1 saturated heterocycles. The molecule has 0 spiro atoms. The predicted octanol–water partition coefficient (Wildman–Crippen LogP) is 2.55. The average molecular weight is 298 g/mol. The quantitative estimate of drug-likeness (QED) is 0.783. The lowest BCUT2D eigenvalue weighted by molar-refractivity contribution is -0.138. The van der Waals surface area contributed by atoms with Gasteiger partial charge in [0.1, 0.15) is 0 Å². The number of hydrogen-bond acceptors (Lipinski definition) is 2. The molecule has 3 nitrogen and oxygen atoms in total. The van der Waals surface area contributed by atoms with Crippen molar-refractivity contribution in [2.75, 3.05) is 31.1 Å². The number of carbonyl (C=O) groups excluding carboxylic acids is 1. The van der Waals surface area contributed by atoms with Crippen molar-refractivity contribution < 1.29 is 18.0 Å². The highest BCUT2D eigenvalue weighted by molar-refractivity contribution is 5.79. The van der Waals surface area contributed by atoms with Crippen LogP contribution in [0.5, 0.6) is 0 Å². The number of halogens is 3. The molecule has 1 aromatic rings. The van der Waals surface area contributed by atoms with Crippen LogP contribution in [-0.2, 0) is 4.79 Å². The third-order valence-corrected chi connectivity index (χ3v) is 4.40. The molecule has 1 aliphatic heterocycles. The lowest BCUT2D eigenvalue weighted by Crippen LogP contribution is -2.51. The minimum absolute atomic E-state index is 0.0599. The lowest BCUT2D eigenvalue weighted by Gasteiger charge is -2.39. The molecule has 0 aromatic heterocycles. The maximum absolute atomic E-state index is 13.8. The first-order valence-corrected chi connectivity index (χ1v) is 7.25. The van der Waals surface area contributed by atoms with Gasteiger partial charge in [-0.15, -0.1) is 0 Å². The van der Waals surface area contributed by atoms with Crippen LogP contribution in [0.4, 0.5) is 18.9 Å². The zero-order valence-corrected chi connectivity index (χ0v) is 11.6. The molecular weight excluding hydrogens is 281 g/mol. The summed E-state index contributed by atoms with van der Waals surface area (Å²) in [5.74, 6) is -3.47. The fourth-order valence-electron chi connectivity index (χ4n) is 2.84. The Bertz CT molecular complexity index is 552. The fraction of sp³-hybridized carbons (Fsp3) is 0.533. The van der Waals surface area contributed by atoms with E-state index in [9.17, 15) is 18.0 Å². The van der Waals surface area contributed by atoms with E-state index in [1.165, 1.54) is 6.07 Å². The Morgan fingerprint density at radius 3 is 2.24 bits per heavy atom. The van der Waals surface area contributed by atoms with Crippen molar-refractivity contribution in [3.05, 3.63) is 29.6 Å². The van der Waals surface area contributed by atoms with Gasteiger partial charge in [0.2, 0.25) is 5.91 Å². The van der Waals surface area contributed by atoms with E-state index in [2.05, 4.69) is 0 Å². The van der Waals surface area contributed by atoms with Crippen molar-refractivity contribution in [1.29, 1.82) is 0 Å². The number of carbonyl (C=O) groups is 1. The van der Waals surface area contributed by atoms with Crippen LogP contribution < -0.4 is 4.90 Å². The number of hydrogen-bond donors (Lipinski definition) is 0. The summed E-state index contributed by atoms with van der Waals surface area (Å²) in [7, 11) is 0. The van der Waals surface area contributed by atoms with Crippen LogP contribution in [0.1, 0.15) is 19.3 Å². The molecule has 2 fully saturated rings. The fourth-order valence-corrected chi connectivity index (χ4v) is 2.84. The Balaban J connectivity index is 1.65. The van der Waals surface area contributed by atoms with E-state index in [-0.39, 0.29) is 17.5 Å². The zero-order chi connectivity index (χ0) is 15.0. The Morgan fingerprint density at radius 1 is 1.00 bits per heavy atom. The molecule has 1 heterocycles. The van der Waals surface area contributed by atoms with Gasteiger partial charge in [-0.05, 0) is 25.0 Å². The summed E-state index contributed by atoms with van der Waals surface area (Å²) in [6.07, 6.45) is 3.02. The molecule has 1 saturated carbocycles. The summed E-state index contributed by atoms with van der Waals surface area (Å²) >= 11 is 0. The van der Waals surface area contributed by atoms with Gasteiger partial charge in [-0.3, -0.25) is 4.79 Å². The van der Waals surface area contributed by atoms with Crippen LogP contribution in [0.2, 0.25) is 0 Å². The van der Waals surface area contributed by atoms with E-state index in [4.69, 9.17) is 0 Å². The third-order valence-electron chi connectivity index (χ3n) is 4.40. The second-order valence-electron chi connectivity index (χ2n) is 5.63. The van der Waals surface area contributed by atoms with E-state index in [0.29, 0.717) is 26.2 Å². The first-order valence-electron chi connectivity index (χ1n) is 7.25. The molecule has 0 bridgehead atoms. The first kappa shape index (κ1) is 14.2. The van der Waals surface area contributed by atoms with Crippen LogP contribution in [-0.4, -0.2) is 37.0 Å². The molecule has 6 heteroatoms. The topological polar surface area (TPSA) is 23.6 Å². The molecule has 0 radical (unpaired) electrons. The van der Waals surface area contributed by atoms with Crippen LogP contribution >= 0.6 is 0 Å². The highest BCUT2D eigenvalue weighted by Gasteiger charge is 2.31. The molecule has 0 unspecified atom stereocenters. The van der Waals surface area contributed by atoms with Gasteiger partial charge in [0.05, 0.1) is 5.69 Å². The minimum Gasteiger partial charge on any atom is -0.366 e. The lowest BCUT2D eigenvalue weighted by atomic mass is 9.84. The molecule has 2 aliphatic rings. The van der Waals surface area contributed by atoms with Crippen molar-refractivity contribution in [3.63, 3.8) is 0 Å². The van der Waals surface area contributed by atoms with Gasteiger partial charge < -0.3 is 9.80 Å².